The molecule has 1 aromatic carbocycles. The molecule has 0 atom stereocenters. The normalized spacial score (nSPS) is 19.0. The van der Waals surface area contributed by atoms with Crippen molar-refractivity contribution in [2.24, 2.45) is 0 Å². The van der Waals surface area contributed by atoms with Gasteiger partial charge in [0.2, 0.25) is 5.95 Å². The number of piperazine rings is 1. The van der Waals surface area contributed by atoms with Gasteiger partial charge in [-0.1, -0.05) is 11.6 Å². The molecule has 2 saturated heterocycles. The van der Waals surface area contributed by atoms with Gasteiger partial charge >= 0.3 is 0 Å². The van der Waals surface area contributed by atoms with Crippen LogP contribution in [0.4, 0.5) is 23.1 Å². The molecule has 12 nitrogen and oxygen atoms in total. The van der Waals surface area contributed by atoms with Gasteiger partial charge in [0.15, 0.2) is 11.5 Å². The highest BCUT2D eigenvalue weighted by Gasteiger charge is 2.29. The summed E-state index contributed by atoms with van der Waals surface area (Å²) in [4.78, 5) is 16.6. The first-order chi connectivity index (χ1) is 20.1. The standard InChI is InChI=1S/C28H38ClN11O/c1-41-13-12-37-6-4-21(5-7-37)38-8-10-39(11-9-38)24-15-19(16-30)14-23(25(24)29)34-28-35-26(33-20-2-3-20)27-32-18-22(17-31)40(27)36-28/h14-18,20-21,30-31H,2-13H2,1H3,(H2,33,34,35,36). The van der Waals surface area contributed by atoms with Gasteiger partial charge in [-0.25, -0.2) is 9.50 Å². The fourth-order valence-electron chi connectivity index (χ4n) is 5.78. The van der Waals surface area contributed by atoms with Gasteiger partial charge in [-0.2, -0.15) is 4.98 Å². The van der Waals surface area contributed by atoms with Gasteiger partial charge in [-0.05, 0) is 56.5 Å². The molecule has 0 unspecified atom stereocenters. The number of rotatable bonds is 11. The summed E-state index contributed by atoms with van der Waals surface area (Å²) in [7, 11) is 1.77. The lowest BCUT2D eigenvalue weighted by Gasteiger charge is -2.43. The highest BCUT2D eigenvalue weighted by atomic mass is 35.5. The van der Waals surface area contributed by atoms with Crippen molar-refractivity contribution < 1.29 is 4.74 Å². The molecule has 0 spiro atoms. The Morgan fingerprint density at radius 1 is 1.05 bits per heavy atom. The second-order valence-corrected chi connectivity index (χ2v) is 11.4. The number of aromatic nitrogens is 4. The van der Waals surface area contributed by atoms with Crippen LogP contribution in [0.25, 0.3) is 5.65 Å². The van der Waals surface area contributed by atoms with Crippen molar-refractivity contribution in [3.8, 4) is 0 Å². The van der Waals surface area contributed by atoms with E-state index in [1.807, 2.05) is 12.1 Å². The molecule has 3 fully saturated rings. The van der Waals surface area contributed by atoms with Crippen LogP contribution in [0, 0.1) is 10.8 Å². The van der Waals surface area contributed by atoms with E-state index in [1.165, 1.54) is 25.3 Å². The summed E-state index contributed by atoms with van der Waals surface area (Å²) in [6.07, 6.45) is 8.75. The van der Waals surface area contributed by atoms with E-state index in [2.05, 4.69) is 35.4 Å². The van der Waals surface area contributed by atoms with Gasteiger partial charge in [0, 0.05) is 64.3 Å². The summed E-state index contributed by atoms with van der Waals surface area (Å²) in [5.74, 6) is 0.969. The maximum absolute atomic E-state index is 7.97. The van der Waals surface area contributed by atoms with Crippen LogP contribution < -0.4 is 15.5 Å². The second kappa shape index (κ2) is 12.3. The number of ether oxygens (including phenoxy) is 1. The monoisotopic (exact) mass is 579 g/mol. The Balaban J connectivity index is 1.18. The van der Waals surface area contributed by atoms with Crippen molar-refractivity contribution in [1.82, 2.24) is 29.4 Å². The van der Waals surface area contributed by atoms with Gasteiger partial charge in [-0.15, -0.1) is 5.10 Å². The molecule has 2 aromatic heterocycles. The molecule has 3 aromatic rings. The maximum atomic E-state index is 7.97. The van der Waals surface area contributed by atoms with Gasteiger partial charge in [0.1, 0.15) is 5.69 Å². The van der Waals surface area contributed by atoms with Crippen LogP contribution in [0.3, 0.4) is 0 Å². The van der Waals surface area contributed by atoms with Gasteiger partial charge in [0.05, 0.1) is 29.2 Å². The van der Waals surface area contributed by atoms with Crippen LogP contribution in [0.5, 0.6) is 0 Å². The highest BCUT2D eigenvalue weighted by Crippen LogP contribution is 2.37. The average molecular weight is 580 g/mol. The summed E-state index contributed by atoms with van der Waals surface area (Å²) < 4.78 is 6.86. The van der Waals surface area contributed by atoms with Crippen LogP contribution in [0.2, 0.25) is 5.02 Å². The van der Waals surface area contributed by atoms with Crippen LogP contribution in [0.15, 0.2) is 18.3 Å². The number of nitrogens with one attached hydrogen (secondary N) is 4. The van der Waals surface area contributed by atoms with E-state index in [9.17, 15) is 0 Å². The number of likely N-dealkylation sites (tertiary alicyclic amines) is 1. The Bertz CT molecular complexity index is 1390. The lowest BCUT2D eigenvalue weighted by atomic mass is 10.0. The highest BCUT2D eigenvalue weighted by molar-refractivity contribution is 6.36. The third-order valence-electron chi connectivity index (χ3n) is 8.28. The number of hydrogen-bond acceptors (Lipinski definition) is 11. The third kappa shape index (κ3) is 6.15. The lowest BCUT2D eigenvalue weighted by molar-refractivity contribution is 0.0834. The minimum atomic E-state index is 0.346. The largest absolute Gasteiger partial charge is 0.383 e. The number of benzene rings is 1. The Morgan fingerprint density at radius 2 is 1.83 bits per heavy atom. The molecule has 1 aliphatic carbocycles. The molecule has 13 heteroatoms. The topological polar surface area (TPSA) is 134 Å². The van der Waals surface area contributed by atoms with E-state index in [1.54, 1.807) is 17.8 Å². The number of piperidine rings is 1. The van der Waals surface area contributed by atoms with Crippen molar-refractivity contribution in [3.63, 3.8) is 0 Å². The number of fused-ring (bicyclic) bond motifs is 1. The molecule has 1 saturated carbocycles. The molecule has 0 bridgehead atoms. The quantitative estimate of drug-likeness (QED) is 0.252. The maximum Gasteiger partial charge on any atom is 0.247 e. The lowest BCUT2D eigenvalue weighted by Crippen LogP contribution is -2.53. The van der Waals surface area contributed by atoms with E-state index in [0.29, 0.717) is 45.9 Å². The number of hydrogen-bond donors (Lipinski definition) is 4. The summed E-state index contributed by atoms with van der Waals surface area (Å²) in [5.41, 5.74) is 3.44. The Morgan fingerprint density at radius 3 is 2.51 bits per heavy atom. The first-order valence-corrected chi connectivity index (χ1v) is 14.8. The Labute approximate surface area is 245 Å². The molecule has 2 aliphatic heterocycles. The Kier molecular flexibility index (Phi) is 8.33. The van der Waals surface area contributed by atoms with Crippen LogP contribution in [-0.4, -0.2) is 113 Å². The molecule has 41 heavy (non-hydrogen) atoms. The van der Waals surface area contributed by atoms with Crippen molar-refractivity contribution in [2.45, 2.75) is 37.8 Å². The van der Waals surface area contributed by atoms with E-state index in [-0.39, 0.29) is 0 Å². The van der Waals surface area contributed by atoms with Crippen LogP contribution >= 0.6 is 11.6 Å². The SMILES string of the molecule is COCCN1CCC(N2CCN(c3cc(C=N)cc(Nc4nc(NC5CC5)c5ncc(C=N)n5n4)c3Cl)CC2)CC1. The zero-order valence-corrected chi connectivity index (χ0v) is 24.2. The molecule has 4 N–H and O–H groups in total. The zero-order valence-electron chi connectivity index (χ0n) is 23.4. The minimum Gasteiger partial charge on any atom is -0.383 e. The fraction of sp³-hybridized carbons (Fsp3) is 0.536. The van der Waals surface area contributed by atoms with E-state index in [0.717, 1.165) is 76.5 Å². The predicted octanol–water partition coefficient (Wildman–Crippen LogP) is 3.32. The molecule has 6 rings (SSSR count). The smallest absolute Gasteiger partial charge is 0.247 e. The molecular formula is C28H38ClN11O. The average Bonchev–Trinajstić information content (AvgIpc) is 3.73. The first kappa shape index (κ1) is 27.8. The summed E-state index contributed by atoms with van der Waals surface area (Å²) in [5, 5.41) is 27.6. The molecule has 0 radical (unpaired) electrons. The fourth-order valence-corrected chi connectivity index (χ4v) is 6.06. The molecule has 3 aliphatic rings. The first-order valence-electron chi connectivity index (χ1n) is 14.4. The third-order valence-corrected chi connectivity index (χ3v) is 8.68. The number of nitrogens with zero attached hydrogens (tertiary/aromatic N) is 7. The Hall–Kier alpha value is -3.32. The summed E-state index contributed by atoms with van der Waals surface area (Å²) in [6, 6.07) is 4.83. The molecular weight excluding hydrogens is 542 g/mol. The van der Waals surface area contributed by atoms with Crippen molar-refractivity contribution in [1.29, 1.82) is 10.8 Å². The molecule has 218 valence electrons. The minimum absolute atomic E-state index is 0.346. The van der Waals surface area contributed by atoms with Crippen LogP contribution in [-0.2, 0) is 4.74 Å². The van der Waals surface area contributed by atoms with Crippen molar-refractivity contribution in [3.05, 3.63) is 34.6 Å². The second-order valence-electron chi connectivity index (χ2n) is 11.0. The van der Waals surface area contributed by atoms with Crippen molar-refractivity contribution in [2.75, 3.05) is 75.1 Å². The number of methoxy groups -OCH3 is 1. The van der Waals surface area contributed by atoms with Crippen LogP contribution in [0.1, 0.15) is 36.9 Å². The van der Waals surface area contributed by atoms with E-state index in [4.69, 9.17) is 32.1 Å². The number of halogens is 1. The predicted molar refractivity (Wildman–Crippen MR) is 163 cm³/mol. The number of imidazole rings is 1. The van der Waals surface area contributed by atoms with Gasteiger partial charge in [-0.3, -0.25) is 4.90 Å². The summed E-state index contributed by atoms with van der Waals surface area (Å²) in [6.45, 7) is 7.78. The van der Waals surface area contributed by atoms with Gasteiger partial charge in [0.25, 0.3) is 0 Å². The molecule has 0 amide bonds. The summed E-state index contributed by atoms with van der Waals surface area (Å²) >= 11 is 7.02. The molecule has 4 heterocycles. The van der Waals surface area contributed by atoms with Gasteiger partial charge < -0.3 is 36.0 Å². The van der Waals surface area contributed by atoms with Crippen molar-refractivity contribution >= 4 is 52.8 Å². The number of anilines is 4. The zero-order chi connectivity index (χ0) is 28.3. The van der Waals surface area contributed by atoms with E-state index < -0.39 is 0 Å². The van der Waals surface area contributed by atoms with E-state index >= 15 is 0 Å².